The van der Waals surface area contributed by atoms with Gasteiger partial charge in [-0.2, -0.15) is 0 Å². The van der Waals surface area contributed by atoms with Gasteiger partial charge in [-0.05, 0) is 30.5 Å². The van der Waals surface area contributed by atoms with Crippen molar-refractivity contribution in [1.29, 1.82) is 0 Å². The van der Waals surface area contributed by atoms with Crippen LogP contribution in [0.3, 0.4) is 0 Å². The quantitative estimate of drug-likeness (QED) is 0.736. The van der Waals surface area contributed by atoms with Gasteiger partial charge in [-0.15, -0.1) is 0 Å². The molecule has 0 spiro atoms. The van der Waals surface area contributed by atoms with Gasteiger partial charge in [0.15, 0.2) is 6.04 Å². The first-order valence-electron chi connectivity index (χ1n) is 9.72. The first kappa shape index (κ1) is 21.0. The van der Waals surface area contributed by atoms with Gasteiger partial charge in [-0.25, -0.2) is 0 Å². The average Bonchev–Trinajstić information content (AvgIpc) is 2.66. The van der Waals surface area contributed by atoms with Crippen LogP contribution in [0.5, 0.6) is 5.75 Å². The highest BCUT2D eigenvalue weighted by Gasteiger charge is 2.26. The van der Waals surface area contributed by atoms with Crippen molar-refractivity contribution in [3.8, 4) is 5.75 Å². The summed E-state index contributed by atoms with van der Waals surface area (Å²) >= 11 is 0. The number of rotatable bonds is 8. The molecule has 0 aliphatic carbocycles. The number of ether oxygens (including phenoxy) is 1. The lowest BCUT2D eigenvalue weighted by atomic mass is 9.93. The van der Waals surface area contributed by atoms with E-state index < -0.39 is 0 Å². The minimum absolute atomic E-state index is 0.0241. The lowest BCUT2D eigenvalue weighted by Gasteiger charge is -2.24. The number of nitrogens with two attached hydrogens (primary N) is 1. The number of methoxy groups -OCH3 is 1. The second kappa shape index (κ2) is 9.56. The highest BCUT2D eigenvalue weighted by molar-refractivity contribution is 5.94. The Morgan fingerprint density at radius 1 is 0.926 bits per heavy atom. The first-order valence-corrected chi connectivity index (χ1v) is 9.72. The van der Waals surface area contributed by atoms with Crippen LogP contribution in [-0.4, -0.2) is 19.1 Å². The standard InChI is InChI=1S/C23H32N2O2/c1-15(2)18-11-13-19(14-12-18)22(16(3)4)24-17(5)23(26)25-20-9-7-8-10-21(20)27-6/h7-17,22,24H,1-6H3,(H,25,26)/p+1/t17-,22-/m0/s1. The SMILES string of the molecule is COc1ccccc1NC(=O)[C@H](C)[NH2+][C@H](c1ccc(C(C)C)cc1)C(C)C. The molecule has 4 heteroatoms. The van der Waals surface area contributed by atoms with Gasteiger partial charge in [0.2, 0.25) is 0 Å². The lowest BCUT2D eigenvalue weighted by Crippen LogP contribution is -2.93. The molecule has 0 heterocycles. The van der Waals surface area contributed by atoms with Crippen molar-refractivity contribution in [3.63, 3.8) is 0 Å². The molecule has 1 amide bonds. The summed E-state index contributed by atoms with van der Waals surface area (Å²) in [6.07, 6.45) is 0. The monoisotopic (exact) mass is 369 g/mol. The molecule has 2 aromatic rings. The highest BCUT2D eigenvalue weighted by Crippen LogP contribution is 2.24. The molecule has 146 valence electrons. The normalized spacial score (nSPS) is 13.5. The average molecular weight is 370 g/mol. The summed E-state index contributed by atoms with van der Waals surface area (Å²) in [5.41, 5.74) is 3.29. The summed E-state index contributed by atoms with van der Waals surface area (Å²) in [6.45, 7) is 10.7. The second-order valence-electron chi connectivity index (χ2n) is 7.76. The minimum atomic E-state index is -0.216. The van der Waals surface area contributed by atoms with E-state index >= 15 is 0 Å². The van der Waals surface area contributed by atoms with Crippen molar-refractivity contribution in [2.45, 2.75) is 52.6 Å². The van der Waals surface area contributed by atoms with Crippen LogP contribution in [0, 0.1) is 5.92 Å². The van der Waals surface area contributed by atoms with Gasteiger partial charge in [-0.3, -0.25) is 4.79 Å². The van der Waals surface area contributed by atoms with E-state index in [0.29, 0.717) is 23.3 Å². The zero-order chi connectivity index (χ0) is 20.0. The number of quaternary nitrogens is 1. The summed E-state index contributed by atoms with van der Waals surface area (Å²) in [5.74, 6) is 1.58. The third-order valence-electron chi connectivity index (χ3n) is 4.98. The van der Waals surface area contributed by atoms with E-state index in [4.69, 9.17) is 4.74 Å². The van der Waals surface area contributed by atoms with E-state index in [1.54, 1.807) is 7.11 Å². The summed E-state index contributed by atoms with van der Waals surface area (Å²) in [7, 11) is 1.61. The zero-order valence-corrected chi connectivity index (χ0v) is 17.3. The predicted molar refractivity (Wildman–Crippen MR) is 111 cm³/mol. The maximum atomic E-state index is 12.7. The summed E-state index contributed by atoms with van der Waals surface area (Å²) in [6, 6.07) is 16.3. The molecule has 0 saturated carbocycles. The Hall–Kier alpha value is -2.33. The molecule has 0 fully saturated rings. The first-order chi connectivity index (χ1) is 12.8. The largest absolute Gasteiger partial charge is 0.495 e. The fraction of sp³-hybridized carbons (Fsp3) is 0.435. The van der Waals surface area contributed by atoms with Crippen molar-refractivity contribution < 1.29 is 14.8 Å². The molecule has 0 aliphatic heterocycles. The molecule has 0 unspecified atom stereocenters. The van der Waals surface area contributed by atoms with Crippen molar-refractivity contribution in [2.75, 3.05) is 12.4 Å². The Labute approximate surface area is 163 Å². The molecule has 0 bridgehead atoms. The smallest absolute Gasteiger partial charge is 0.282 e. The maximum absolute atomic E-state index is 12.7. The van der Waals surface area contributed by atoms with Crippen molar-refractivity contribution in [2.24, 2.45) is 5.92 Å². The van der Waals surface area contributed by atoms with Gasteiger partial charge in [0.1, 0.15) is 11.8 Å². The van der Waals surface area contributed by atoms with Crippen LogP contribution < -0.4 is 15.4 Å². The third-order valence-corrected chi connectivity index (χ3v) is 4.98. The van der Waals surface area contributed by atoms with Crippen molar-refractivity contribution in [1.82, 2.24) is 0 Å². The van der Waals surface area contributed by atoms with Crippen LogP contribution in [0.4, 0.5) is 5.69 Å². The Morgan fingerprint density at radius 3 is 2.07 bits per heavy atom. The molecule has 4 nitrogen and oxygen atoms in total. The Bertz CT molecular complexity index is 738. The van der Waals surface area contributed by atoms with Crippen molar-refractivity contribution >= 4 is 11.6 Å². The number of hydrogen-bond donors (Lipinski definition) is 2. The number of carbonyl (C=O) groups is 1. The maximum Gasteiger partial charge on any atom is 0.282 e. The van der Waals surface area contributed by atoms with Crippen molar-refractivity contribution in [3.05, 3.63) is 59.7 Å². The number of anilines is 1. The van der Waals surface area contributed by atoms with Gasteiger partial charge in [-0.1, -0.05) is 64.1 Å². The van der Waals surface area contributed by atoms with E-state index in [1.807, 2.05) is 31.2 Å². The van der Waals surface area contributed by atoms with E-state index in [1.165, 1.54) is 11.1 Å². The summed E-state index contributed by atoms with van der Waals surface area (Å²) in [4.78, 5) is 12.7. The fourth-order valence-electron chi connectivity index (χ4n) is 3.21. The summed E-state index contributed by atoms with van der Waals surface area (Å²) in [5, 5.41) is 5.14. The number of nitrogens with one attached hydrogen (secondary N) is 1. The highest BCUT2D eigenvalue weighted by atomic mass is 16.5. The molecular weight excluding hydrogens is 336 g/mol. The van der Waals surface area contributed by atoms with Crippen LogP contribution in [0.2, 0.25) is 0 Å². The molecule has 3 N–H and O–H groups in total. The Kier molecular flexibility index (Phi) is 7.43. The van der Waals surface area contributed by atoms with Gasteiger partial charge >= 0.3 is 0 Å². The second-order valence-corrected chi connectivity index (χ2v) is 7.76. The van der Waals surface area contributed by atoms with Gasteiger partial charge < -0.3 is 15.4 Å². The number of para-hydroxylation sites is 2. The minimum Gasteiger partial charge on any atom is -0.495 e. The van der Waals surface area contributed by atoms with Gasteiger partial charge in [0.05, 0.1) is 12.8 Å². The Balaban J connectivity index is 2.09. The van der Waals surface area contributed by atoms with E-state index in [2.05, 4.69) is 62.6 Å². The van der Waals surface area contributed by atoms with Gasteiger partial charge in [0.25, 0.3) is 5.91 Å². The molecule has 0 aliphatic rings. The molecule has 2 aromatic carbocycles. The van der Waals surface area contributed by atoms with Crippen LogP contribution >= 0.6 is 0 Å². The Morgan fingerprint density at radius 2 is 1.52 bits per heavy atom. The summed E-state index contributed by atoms with van der Waals surface area (Å²) < 4.78 is 5.32. The lowest BCUT2D eigenvalue weighted by molar-refractivity contribution is -0.718. The molecule has 2 atom stereocenters. The van der Waals surface area contributed by atoms with Crippen LogP contribution in [-0.2, 0) is 4.79 Å². The predicted octanol–water partition coefficient (Wildman–Crippen LogP) is 4.11. The number of carbonyl (C=O) groups excluding carboxylic acids is 1. The number of amides is 1. The molecule has 2 rings (SSSR count). The molecule has 27 heavy (non-hydrogen) atoms. The molecule has 0 saturated heterocycles. The van der Waals surface area contributed by atoms with E-state index in [-0.39, 0.29) is 18.0 Å². The molecule has 0 aromatic heterocycles. The van der Waals surface area contributed by atoms with Crippen LogP contribution in [0.25, 0.3) is 0 Å². The zero-order valence-electron chi connectivity index (χ0n) is 17.3. The van der Waals surface area contributed by atoms with E-state index in [9.17, 15) is 4.79 Å². The van der Waals surface area contributed by atoms with Crippen LogP contribution in [0.1, 0.15) is 57.7 Å². The fourth-order valence-corrected chi connectivity index (χ4v) is 3.21. The van der Waals surface area contributed by atoms with E-state index in [0.717, 1.165) is 0 Å². The molecule has 0 radical (unpaired) electrons. The number of benzene rings is 2. The van der Waals surface area contributed by atoms with Crippen LogP contribution in [0.15, 0.2) is 48.5 Å². The number of hydrogen-bond acceptors (Lipinski definition) is 2. The third kappa shape index (κ3) is 5.57. The topological polar surface area (TPSA) is 54.9 Å². The van der Waals surface area contributed by atoms with Gasteiger partial charge in [0, 0.05) is 11.5 Å². The molecular formula is C23H33N2O2+.